The standard InChI is InChI=1S/C17H21BrF2O2/c1-16(2,3)22-15(21)14-12(5-4-6-13(14)18)11-7-9-17(19,20)10-8-11/h4-6,11H,7-10H2,1-3H3. The van der Waals surface area contributed by atoms with Gasteiger partial charge in [0, 0.05) is 17.3 Å². The molecule has 1 fully saturated rings. The molecule has 22 heavy (non-hydrogen) atoms. The number of hydrogen-bond acceptors (Lipinski definition) is 2. The van der Waals surface area contributed by atoms with Crippen molar-refractivity contribution in [2.75, 3.05) is 0 Å². The molecule has 0 saturated heterocycles. The van der Waals surface area contributed by atoms with E-state index in [4.69, 9.17) is 4.74 Å². The lowest BCUT2D eigenvalue weighted by Crippen LogP contribution is -2.27. The molecule has 2 nitrogen and oxygen atoms in total. The maximum atomic E-state index is 13.4. The van der Waals surface area contributed by atoms with E-state index < -0.39 is 17.5 Å². The fourth-order valence-corrected chi connectivity index (χ4v) is 3.32. The minimum Gasteiger partial charge on any atom is -0.456 e. The van der Waals surface area contributed by atoms with E-state index in [1.54, 1.807) is 6.07 Å². The van der Waals surface area contributed by atoms with Gasteiger partial charge in [-0.2, -0.15) is 0 Å². The average molecular weight is 375 g/mol. The summed E-state index contributed by atoms with van der Waals surface area (Å²) in [7, 11) is 0. The van der Waals surface area contributed by atoms with E-state index in [2.05, 4.69) is 15.9 Å². The van der Waals surface area contributed by atoms with Crippen LogP contribution in [0, 0.1) is 0 Å². The molecule has 0 radical (unpaired) electrons. The number of rotatable bonds is 2. The van der Waals surface area contributed by atoms with Crippen LogP contribution in [0.3, 0.4) is 0 Å². The number of halogens is 3. The van der Waals surface area contributed by atoms with Gasteiger partial charge in [0.2, 0.25) is 5.92 Å². The second kappa shape index (κ2) is 6.26. The molecule has 2 rings (SSSR count). The predicted molar refractivity (Wildman–Crippen MR) is 85.5 cm³/mol. The number of carbonyl (C=O) groups is 1. The molecule has 5 heteroatoms. The van der Waals surface area contributed by atoms with Gasteiger partial charge in [0.1, 0.15) is 5.60 Å². The molecule has 0 atom stereocenters. The number of hydrogen-bond donors (Lipinski definition) is 0. The van der Waals surface area contributed by atoms with Crippen molar-refractivity contribution in [2.24, 2.45) is 0 Å². The van der Waals surface area contributed by atoms with Gasteiger partial charge in [0.05, 0.1) is 5.56 Å². The van der Waals surface area contributed by atoms with Crippen LogP contribution in [-0.2, 0) is 4.74 Å². The van der Waals surface area contributed by atoms with Crippen molar-refractivity contribution in [3.8, 4) is 0 Å². The van der Waals surface area contributed by atoms with Gasteiger partial charge in [-0.3, -0.25) is 0 Å². The molecule has 0 bridgehead atoms. The summed E-state index contributed by atoms with van der Waals surface area (Å²) in [5, 5.41) is 0. The highest BCUT2D eigenvalue weighted by Crippen LogP contribution is 2.42. The maximum Gasteiger partial charge on any atom is 0.340 e. The van der Waals surface area contributed by atoms with Gasteiger partial charge in [0.25, 0.3) is 0 Å². The Morgan fingerprint density at radius 1 is 1.27 bits per heavy atom. The highest BCUT2D eigenvalue weighted by Gasteiger charge is 2.37. The molecule has 1 saturated carbocycles. The summed E-state index contributed by atoms with van der Waals surface area (Å²) in [6.07, 6.45) is 0.522. The third kappa shape index (κ3) is 4.28. The molecule has 1 aliphatic rings. The van der Waals surface area contributed by atoms with Crippen LogP contribution in [0.4, 0.5) is 8.78 Å². The van der Waals surface area contributed by atoms with Crippen LogP contribution in [0.2, 0.25) is 0 Å². The van der Waals surface area contributed by atoms with Crippen LogP contribution in [0.1, 0.15) is 68.3 Å². The van der Waals surface area contributed by atoms with E-state index in [1.807, 2.05) is 32.9 Å². The summed E-state index contributed by atoms with van der Waals surface area (Å²) in [6.45, 7) is 5.42. The molecule has 122 valence electrons. The lowest BCUT2D eigenvalue weighted by molar-refractivity contribution is -0.0382. The number of benzene rings is 1. The summed E-state index contributed by atoms with van der Waals surface area (Å²) in [6, 6.07) is 5.46. The monoisotopic (exact) mass is 374 g/mol. The zero-order valence-electron chi connectivity index (χ0n) is 13.1. The summed E-state index contributed by atoms with van der Waals surface area (Å²) < 4.78 is 32.8. The van der Waals surface area contributed by atoms with Crippen LogP contribution in [0.5, 0.6) is 0 Å². The Morgan fingerprint density at radius 2 is 1.86 bits per heavy atom. The van der Waals surface area contributed by atoms with Crippen LogP contribution in [0.15, 0.2) is 22.7 Å². The Labute approximate surface area is 138 Å². The first-order valence-electron chi connectivity index (χ1n) is 7.49. The Kier molecular flexibility index (Phi) is 4.95. The van der Waals surface area contributed by atoms with E-state index in [0.717, 1.165) is 5.56 Å². The Hall–Kier alpha value is -0.970. The van der Waals surface area contributed by atoms with E-state index in [1.165, 1.54) is 0 Å². The zero-order chi connectivity index (χ0) is 16.5. The second-order valence-corrected chi connectivity index (χ2v) is 7.69. The van der Waals surface area contributed by atoms with Crippen molar-refractivity contribution in [1.29, 1.82) is 0 Å². The fourth-order valence-electron chi connectivity index (χ4n) is 2.78. The van der Waals surface area contributed by atoms with Crippen molar-refractivity contribution in [1.82, 2.24) is 0 Å². The summed E-state index contributed by atoms with van der Waals surface area (Å²) >= 11 is 3.40. The zero-order valence-corrected chi connectivity index (χ0v) is 14.7. The maximum absolute atomic E-state index is 13.4. The molecule has 0 heterocycles. The SMILES string of the molecule is CC(C)(C)OC(=O)c1c(Br)cccc1C1CCC(F)(F)CC1. The Balaban J connectivity index is 2.29. The van der Waals surface area contributed by atoms with Crippen molar-refractivity contribution in [3.05, 3.63) is 33.8 Å². The van der Waals surface area contributed by atoms with E-state index in [-0.39, 0.29) is 18.8 Å². The third-order valence-corrected chi connectivity index (χ3v) is 4.47. The lowest BCUT2D eigenvalue weighted by Gasteiger charge is -2.30. The van der Waals surface area contributed by atoms with E-state index in [0.29, 0.717) is 22.9 Å². The Bertz CT molecular complexity index is 554. The molecular weight excluding hydrogens is 354 g/mol. The molecule has 1 aromatic carbocycles. The smallest absolute Gasteiger partial charge is 0.340 e. The quantitative estimate of drug-likeness (QED) is 0.620. The predicted octanol–water partition coefficient (Wildman–Crippen LogP) is 5.70. The van der Waals surface area contributed by atoms with Gasteiger partial charge >= 0.3 is 5.97 Å². The Morgan fingerprint density at radius 3 is 2.41 bits per heavy atom. The topological polar surface area (TPSA) is 26.3 Å². The molecule has 0 aromatic heterocycles. The minimum atomic E-state index is -2.57. The first kappa shape index (κ1) is 17.4. The van der Waals surface area contributed by atoms with Crippen molar-refractivity contribution in [3.63, 3.8) is 0 Å². The minimum absolute atomic E-state index is 0.0281. The van der Waals surface area contributed by atoms with Crippen molar-refractivity contribution < 1.29 is 18.3 Å². The largest absolute Gasteiger partial charge is 0.456 e. The van der Waals surface area contributed by atoms with E-state index >= 15 is 0 Å². The van der Waals surface area contributed by atoms with Gasteiger partial charge in [-0.1, -0.05) is 12.1 Å². The molecule has 1 aromatic rings. The molecule has 0 N–H and O–H groups in total. The molecule has 0 spiro atoms. The van der Waals surface area contributed by atoms with Crippen molar-refractivity contribution >= 4 is 21.9 Å². The fraction of sp³-hybridized carbons (Fsp3) is 0.588. The number of alkyl halides is 2. The lowest BCUT2D eigenvalue weighted by atomic mass is 9.80. The summed E-state index contributed by atoms with van der Waals surface area (Å²) in [5.41, 5.74) is 0.676. The van der Waals surface area contributed by atoms with Crippen LogP contribution in [-0.4, -0.2) is 17.5 Å². The summed E-state index contributed by atoms with van der Waals surface area (Å²) in [5.74, 6) is -3.01. The van der Waals surface area contributed by atoms with Gasteiger partial charge in [0.15, 0.2) is 0 Å². The van der Waals surface area contributed by atoms with Crippen LogP contribution < -0.4 is 0 Å². The van der Waals surface area contributed by atoms with Crippen LogP contribution >= 0.6 is 15.9 Å². The molecule has 0 amide bonds. The number of esters is 1. The summed E-state index contributed by atoms with van der Waals surface area (Å²) in [4.78, 5) is 12.5. The molecule has 1 aliphatic carbocycles. The highest BCUT2D eigenvalue weighted by molar-refractivity contribution is 9.10. The third-order valence-electron chi connectivity index (χ3n) is 3.81. The van der Waals surface area contributed by atoms with Gasteiger partial charge in [-0.05, 0) is 67.1 Å². The highest BCUT2D eigenvalue weighted by atomic mass is 79.9. The number of ether oxygens (including phenoxy) is 1. The van der Waals surface area contributed by atoms with Crippen molar-refractivity contribution in [2.45, 2.75) is 63.9 Å². The molecule has 0 unspecified atom stereocenters. The van der Waals surface area contributed by atoms with Crippen LogP contribution in [0.25, 0.3) is 0 Å². The molecular formula is C17H21BrF2O2. The second-order valence-electron chi connectivity index (χ2n) is 6.84. The van der Waals surface area contributed by atoms with Gasteiger partial charge < -0.3 is 4.74 Å². The number of carbonyl (C=O) groups excluding carboxylic acids is 1. The normalized spacial score (nSPS) is 19.0. The average Bonchev–Trinajstić information content (AvgIpc) is 2.36. The van der Waals surface area contributed by atoms with E-state index in [9.17, 15) is 13.6 Å². The molecule has 0 aliphatic heterocycles. The van der Waals surface area contributed by atoms with Gasteiger partial charge in [-0.25, -0.2) is 13.6 Å². The first-order valence-corrected chi connectivity index (χ1v) is 8.28. The first-order chi connectivity index (χ1) is 10.1. The van der Waals surface area contributed by atoms with Gasteiger partial charge in [-0.15, -0.1) is 0 Å².